The number of benzene rings is 1. The molecular formula is C16H17BrClN3O2. The number of nitrogens with one attached hydrogen (secondary N) is 1. The van der Waals surface area contributed by atoms with Gasteiger partial charge < -0.3 is 10.1 Å². The molecule has 0 aliphatic heterocycles. The number of pyridine rings is 1. The second-order valence-corrected chi connectivity index (χ2v) is 6.25. The predicted octanol–water partition coefficient (Wildman–Crippen LogP) is 3.45. The van der Waals surface area contributed by atoms with Gasteiger partial charge in [0, 0.05) is 17.2 Å². The van der Waals surface area contributed by atoms with E-state index in [1.807, 2.05) is 36.2 Å². The summed E-state index contributed by atoms with van der Waals surface area (Å²) < 4.78 is 6.46. The van der Waals surface area contributed by atoms with Gasteiger partial charge in [-0.2, -0.15) is 0 Å². The summed E-state index contributed by atoms with van der Waals surface area (Å²) in [4.78, 5) is 17.9. The van der Waals surface area contributed by atoms with Gasteiger partial charge in [0.1, 0.15) is 18.2 Å². The van der Waals surface area contributed by atoms with Crippen molar-refractivity contribution in [3.63, 3.8) is 0 Å². The van der Waals surface area contributed by atoms with Crippen LogP contribution in [0.3, 0.4) is 0 Å². The molecule has 0 bridgehead atoms. The quantitative estimate of drug-likeness (QED) is 0.776. The Morgan fingerprint density at radius 2 is 2.13 bits per heavy atom. The van der Waals surface area contributed by atoms with Gasteiger partial charge in [-0.05, 0) is 47.2 Å². The molecule has 5 nitrogen and oxygen atoms in total. The topological polar surface area (TPSA) is 54.5 Å². The first-order valence-electron chi connectivity index (χ1n) is 7.02. The average molecular weight is 399 g/mol. The van der Waals surface area contributed by atoms with Gasteiger partial charge >= 0.3 is 0 Å². The molecule has 2 rings (SSSR count). The average Bonchev–Trinajstić information content (AvgIpc) is 2.51. The lowest BCUT2D eigenvalue weighted by Gasteiger charge is -2.16. The molecule has 1 heterocycles. The second kappa shape index (κ2) is 8.86. The molecule has 0 unspecified atom stereocenters. The van der Waals surface area contributed by atoms with E-state index in [2.05, 4.69) is 26.2 Å². The molecule has 1 amide bonds. The van der Waals surface area contributed by atoms with Crippen LogP contribution in [0.5, 0.6) is 5.75 Å². The second-order valence-electron chi connectivity index (χ2n) is 4.93. The maximum absolute atomic E-state index is 11.9. The molecule has 2 aromatic rings. The van der Waals surface area contributed by atoms with Crippen molar-refractivity contribution in [3.05, 3.63) is 52.1 Å². The van der Waals surface area contributed by atoms with Gasteiger partial charge in [0.25, 0.3) is 0 Å². The Bertz CT molecular complexity index is 652. The molecular weight excluding hydrogens is 382 g/mol. The highest BCUT2D eigenvalue weighted by Gasteiger charge is 2.08. The zero-order valence-electron chi connectivity index (χ0n) is 12.6. The van der Waals surface area contributed by atoms with Gasteiger partial charge in [0.2, 0.25) is 5.91 Å². The normalized spacial score (nSPS) is 10.6. The molecule has 1 aromatic heterocycles. The minimum absolute atomic E-state index is 0.125. The van der Waals surface area contributed by atoms with Gasteiger partial charge in [0.05, 0.1) is 11.6 Å². The van der Waals surface area contributed by atoms with Crippen molar-refractivity contribution in [3.8, 4) is 5.75 Å². The lowest BCUT2D eigenvalue weighted by molar-refractivity contribution is -0.117. The number of amides is 1. The minimum Gasteiger partial charge on any atom is -0.491 e. The van der Waals surface area contributed by atoms with E-state index in [0.29, 0.717) is 29.7 Å². The van der Waals surface area contributed by atoms with Crippen molar-refractivity contribution in [2.45, 2.75) is 0 Å². The summed E-state index contributed by atoms with van der Waals surface area (Å²) in [6.45, 7) is 1.31. The fraction of sp³-hybridized carbons (Fsp3) is 0.250. The molecule has 0 saturated heterocycles. The fourth-order valence-electron chi connectivity index (χ4n) is 1.83. The zero-order valence-corrected chi connectivity index (χ0v) is 15.0. The number of ether oxygens (including phenoxy) is 1. The van der Waals surface area contributed by atoms with Crippen LogP contribution in [0.15, 0.2) is 47.1 Å². The third kappa shape index (κ3) is 6.17. The highest BCUT2D eigenvalue weighted by molar-refractivity contribution is 9.10. The predicted molar refractivity (Wildman–Crippen MR) is 95.0 cm³/mol. The SMILES string of the molecule is CN(CCOc1ccccc1Cl)CC(=O)Nc1ccc(Br)cn1. The van der Waals surface area contributed by atoms with Crippen molar-refractivity contribution in [1.29, 1.82) is 0 Å². The number of hydrogen-bond acceptors (Lipinski definition) is 4. The molecule has 23 heavy (non-hydrogen) atoms. The molecule has 1 N–H and O–H groups in total. The Morgan fingerprint density at radius 1 is 1.35 bits per heavy atom. The van der Waals surface area contributed by atoms with Crippen LogP contribution in [0.2, 0.25) is 5.02 Å². The third-order valence-electron chi connectivity index (χ3n) is 2.98. The molecule has 0 atom stereocenters. The summed E-state index contributed by atoms with van der Waals surface area (Å²) in [6, 6.07) is 10.9. The Balaban J connectivity index is 1.71. The number of anilines is 1. The van der Waals surface area contributed by atoms with Crippen LogP contribution < -0.4 is 10.1 Å². The molecule has 0 aliphatic carbocycles. The van der Waals surface area contributed by atoms with Crippen LogP contribution >= 0.6 is 27.5 Å². The lowest BCUT2D eigenvalue weighted by atomic mass is 10.3. The highest BCUT2D eigenvalue weighted by Crippen LogP contribution is 2.22. The summed E-state index contributed by atoms with van der Waals surface area (Å²) in [5.74, 6) is 1.05. The van der Waals surface area contributed by atoms with E-state index in [1.165, 1.54) is 0 Å². The summed E-state index contributed by atoms with van der Waals surface area (Å²) in [6.07, 6.45) is 1.64. The van der Waals surface area contributed by atoms with Crippen LogP contribution in [0, 0.1) is 0 Å². The molecule has 0 radical (unpaired) electrons. The van der Waals surface area contributed by atoms with Crippen molar-refractivity contribution >= 4 is 39.3 Å². The summed E-state index contributed by atoms with van der Waals surface area (Å²) in [5, 5.41) is 3.32. The van der Waals surface area contributed by atoms with Gasteiger partial charge in [-0.3, -0.25) is 9.69 Å². The molecule has 0 fully saturated rings. The Labute approximate surface area is 148 Å². The Morgan fingerprint density at radius 3 is 2.83 bits per heavy atom. The Kier molecular flexibility index (Phi) is 6.83. The van der Waals surface area contributed by atoms with E-state index in [0.717, 1.165) is 4.47 Å². The van der Waals surface area contributed by atoms with E-state index in [4.69, 9.17) is 16.3 Å². The first-order valence-corrected chi connectivity index (χ1v) is 8.19. The molecule has 0 saturated carbocycles. The van der Waals surface area contributed by atoms with E-state index in [1.54, 1.807) is 18.3 Å². The molecule has 0 aliphatic rings. The van der Waals surface area contributed by atoms with Gasteiger partial charge in [0.15, 0.2) is 0 Å². The van der Waals surface area contributed by atoms with Crippen LogP contribution in [-0.4, -0.2) is 42.5 Å². The number of para-hydroxylation sites is 1. The first-order chi connectivity index (χ1) is 11.0. The summed E-state index contributed by atoms with van der Waals surface area (Å²) in [7, 11) is 1.85. The van der Waals surface area contributed by atoms with Crippen LogP contribution in [0.25, 0.3) is 0 Å². The van der Waals surface area contributed by atoms with Gasteiger partial charge in [-0.1, -0.05) is 23.7 Å². The third-order valence-corrected chi connectivity index (χ3v) is 3.76. The number of carbonyl (C=O) groups is 1. The maximum Gasteiger partial charge on any atom is 0.239 e. The number of rotatable bonds is 7. The smallest absolute Gasteiger partial charge is 0.239 e. The van der Waals surface area contributed by atoms with E-state index in [9.17, 15) is 4.79 Å². The van der Waals surface area contributed by atoms with Crippen molar-refractivity contribution in [2.75, 3.05) is 32.1 Å². The van der Waals surface area contributed by atoms with E-state index < -0.39 is 0 Å². The molecule has 122 valence electrons. The first kappa shape index (κ1) is 17.7. The van der Waals surface area contributed by atoms with Gasteiger partial charge in [-0.25, -0.2) is 4.98 Å². The van der Waals surface area contributed by atoms with Crippen molar-refractivity contribution < 1.29 is 9.53 Å². The Hall–Kier alpha value is -1.63. The van der Waals surface area contributed by atoms with E-state index >= 15 is 0 Å². The van der Waals surface area contributed by atoms with E-state index in [-0.39, 0.29) is 12.5 Å². The summed E-state index contributed by atoms with van der Waals surface area (Å²) >= 11 is 9.31. The molecule has 7 heteroatoms. The number of carbonyl (C=O) groups excluding carboxylic acids is 1. The maximum atomic E-state index is 11.9. The number of hydrogen-bond donors (Lipinski definition) is 1. The molecule has 1 aromatic carbocycles. The summed E-state index contributed by atoms with van der Waals surface area (Å²) in [5.41, 5.74) is 0. The standard InChI is InChI=1S/C16H17BrClN3O2/c1-21(8-9-23-14-5-3-2-4-13(14)18)11-16(22)20-15-7-6-12(17)10-19-15/h2-7,10H,8-9,11H2,1H3,(H,19,20,22). The lowest BCUT2D eigenvalue weighted by Crippen LogP contribution is -2.33. The zero-order chi connectivity index (χ0) is 16.7. The van der Waals surface area contributed by atoms with Crippen LogP contribution in [-0.2, 0) is 4.79 Å². The van der Waals surface area contributed by atoms with Crippen molar-refractivity contribution in [1.82, 2.24) is 9.88 Å². The monoisotopic (exact) mass is 397 g/mol. The fourth-order valence-corrected chi connectivity index (χ4v) is 2.25. The number of nitrogens with zero attached hydrogens (tertiary/aromatic N) is 2. The van der Waals surface area contributed by atoms with Crippen molar-refractivity contribution in [2.24, 2.45) is 0 Å². The van der Waals surface area contributed by atoms with Crippen LogP contribution in [0.4, 0.5) is 5.82 Å². The van der Waals surface area contributed by atoms with Gasteiger partial charge in [-0.15, -0.1) is 0 Å². The van der Waals surface area contributed by atoms with Crippen LogP contribution in [0.1, 0.15) is 0 Å². The minimum atomic E-state index is -0.125. The number of aromatic nitrogens is 1. The highest BCUT2D eigenvalue weighted by atomic mass is 79.9. The largest absolute Gasteiger partial charge is 0.491 e. The number of halogens is 2. The number of likely N-dealkylation sites (N-methyl/N-ethyl adjacent to an activating group) is 1. The molecule has 0 spiro atoms.